The van der Waals surface area contributed by atoms with Gasteiger partial charge in [-0.2, -0.15) is 0 Å². The lowest BCUT2D eigenvalue weighted by Crippen LogP contribution is -2.48. The normalized spacial score (nSPS) is 16.7. The molecule has 0 aliphatic carbocycles. The molecule has 5 heteroatoms. The van der Waals surface area contributed by atoms with E-state index in [-0.39, 0.29) is 12.5 Å². The molecule has 0 radical (unpaired) electrons. The molecule has 22 heavy (non-hydrogen) atoms. The predicted molar refractivity (Wildman–Crippen MR) is 88.9 cm³/mol. The molecule has 0 bridgehead atoms. The second kappa shape index (κ2) is 8.15. The lowest BCUT2D eigenvalue weighted by atomic mass is 10.1. The minimum Gasteiger partial charge on any atom is -0.396 e. The maximum atomic E-state index is 11.4. The number of anilines is 1. The first-order valence-electron chi connectivity index (χ1n) is 8.04. The van der Waals surface area contributed by atoms with Crippen molar-refractivity contribution < 1.29 is 9.90 Å². The molecular weight excluding hydrogens is 278 g/mol. The molecule has 1 aliphatic heterocycles. The molecule has 0 aromatic heterocycles. The molecule has 2 N–H and O–H groups in total. The number of hydrogen-bond acceptors (Lipinski definition) is 4. The van der Waals surface area contributed by atoms with Crippen LogP contribution in [0.15, 0.2) is 24.3 Å². The molecule has 0 spiro atoms. The van der Waals surface area contributed by atoms with E-state index in [1.54, 1.807) is 6.92 Å². The van der Waals surface area contributed by atoms with E-state index in [0.717, 1.165) is 39.1 Å². The fourth-order valence-corrected chi connectivity index (χ4v) is 2.81. The van der Waals surface area contributed by atoms with E-state index >= 15 is 0 Å². The van der Waals surface area contributed by atoms with Crippen LogP contribution in [0.2, 0.25) is 0 Å². The Morgan fingerprint density at radius 1 is 1.27 bits per heavy atom. The Bertz CT molecular complexity index is 485. The lowest BCUT2D eigenvalue weighted by Gasteiger charge is -2.36. The van der Waals surface area contributed by atoms with Crippen molar-refractivity contribution in [1.82, 2.24) is 10.2 Å². The molecule has 0 unspecified atom stereocenters. The van der Waals surface area contributed by atoms with Gasteiger partial charge in [-0.3, -0.25) is 4.79 Å². The van der Waals surface area contributed by atoms with Crippen LogP contribution in [-0.4, -0.2) is 54.7 Å². The van der Waals surface area contributed by atoms with Crippen molar-refractivity contribution >= 4 is 11.6 Å². The zero-order valence-corrected chi connectivity index (χ0v) is 13.6. The molecular formula is C17H27N3O2. The summed E-state index contributed by atoms with van der Waals surface area (Å²) in [5, 5.41) is 12.4. The number of carbonyl (C=O) groups excluding carboxylic acids is 1. The number of aliphatic hydroxyl groups excluding tert-OH is 1. The average Bonchev–Trinajstić information content (AvgIpc) is 2.53. The number of benzene rings is 1. The number of para-hydroxylation sites is 1. The molecule has 2 rings (SSSR count). The van der Waals surface area contributed by atoms with Gasteiger partial charge in [0.05, 0.1) is 0 Å². The highest BCUT2D eigenvalue weighted by Crippen LogP contribution is 2.22. The van der Waals surface area contributed by atoms with Gasteiger partial charge in [0.2, 0.25) is 5.91 Å². The second-order valence-corrected chi connectivity index (χ2v) is 5.92. The second-order valence-electron chi connectivity index (χ2n) is 5.92. The maximum Gasteiger partial charge on any atom is 0.219 e. The number of nitrogens with one attached hydrogen (secondary N) is 1. The van der Waals surface area contributed by atoms with Crippen molar-refractivity contribution in [2.45, 2.75) is 32.9 Å². The van der Waals surface area contributed by atoms with Crippen molar-refractivity contribution in [2.24, 2.45) is 0 Å². The topological polar surface area (TPSA) is 55.8 Å². The summed E-state index contributed by atoms with van der Waals surface area (Å²) in [6.45, 7) is 8.06. The van der Waals surface area contributed by atoms with Crippen molar-refractivity contribution in [1.29, 1.82) is 0 Å². The fraction of sp³-hybridized carbons (Fsp3) is 0.588. The molecule has 1 aromatic carbocycles. The summed E-state index contributed by atoms with van der Waals surface area (Å²) in [5.41, 5.74) is 2.51. The van der Waals surface area contributed by atoms with Crippen LogP contribution in [0.25, 0.3) is 0 Å². The third-order valence-corrected chi connectivity index (χ3v) is 4.26. The number of carbonyl (C=O) groups is 1. The van der Waals surface area contributed by atoms with E-state index in [2.05, 4.69) is 41.4 Å². The van der Waals surface area contributed by atoms with Gasteiger partial charge in [-0.1, -0.05) is 18.2 Å². The molecule has 1 atom stereocenters. The number of amides is 1. The summed E-state index contributed by atoms with van der Waals surface area (Å²) in [4.78, 5) is 15.7. The van der Waals surface area contributed by atoms with Gasteiger partial charge < -0.3 is 20.2 Å². The third-order valence-electron chi connectivity index (χ3n) is 4.26. The maximum absolute atomic E-state index is 11.4. The summed E-state index contributed by atoms with van der Waals surface area (Å²) < 4.78 is 0. The Morgan fingerprint density at radius 2 is 1.95 bits per heavy atom. The third kappa shape index (κ3) is 4.45. The summed E-state index contributed by atoms with van der Waals surface area (Å²) >= 11 is 0. The summed E-state index contributed by atoms with van der Waals surface area (Å²) in [6.07, 6.45) is 0.763. The Morgan fingerprint density at radius 3 is 2.59 bits per heavy atom. The number of hydrogen-bond donors (Lipinski definition) is 2. The van der Waals surface area contributed by atoms with Gasteiger partial charge in [0.25, 0.3) is 0 Å². The highest BCUT2D eigenvalue weighted by molar-refractivity contribution is 5.73. The number of nitrogens with zero attached hydrogens (tertiary/aromatic N) is 2. The van der Waals surface area contributed by atoms with Crippen molar-refractivity contribution in [3.05, 3.63) is 29.8 Å². The van der Waals surface area contributed by atoms with Gasteiger partial charge in [-0.25, -0.2) is 0 Å². The molecule has 1 saturated heterocycles. The smallest absolute Gasteiger partial charge is 0.219 e. The van der Waals surface area contributed by atoms with Crippen LogP contribution in [0.3, 0.4) is 0 Å². The Labute approximate surface area is 132 Å². The molecule has 1 aliphatic rings. The Kier molecular flexibility index (Phi) is 6.21. The van der Waals surface area contributed by atoms with E-state index in [1.807, 2.05) is 4.90 Å². The number of piperazine rings is 1. The first-order chi connectivity index (χ1) is 10.6. The molecule has 0 saturated carbocycles. The van der Waals surface area contributed by atoms with E-state index in [1.165, 1.54) is 11.3 Å². The van der Waals surface area contributed by atoms with Crippen LogP contribution >= 0.6 is 0 Å². The van der Waals surface area contributed by atoms with E-state index in [9.17, 15) is 4.79 Å². The first kappa shape index (κ1) is 16.8. The minimum absolute atomic E-state index is 0.160. The van der Waals surface area contributed by atoms with E-state index in [0.29, 0.717) is 6.04 Å². The zero-order chi connectivity index (χ0) is 15.9. The summed E-state index contributed by atoms with van der Waals surface area (Å²) in [7, 11) is 0. The minimum atomic E-state index is 0.160. The molecule has 1 amide bonds. The predicted octanol–water partition coefficient (Wildman–Crippen LogP) is 1.22. The average molecular weight is 305 g/mol. The number of aliphatic hydroxyl groups is 1. The van der Waals surface area contributed by atoms with E-state index < -0.39 is 0 Å². The van der Waals surface area contributed by atoms with Gasteiger partial charge in [0, 0.05) is 58.0 Å². The Hall–Kier alpha value is -1.59. The largest absolute Gasteiger partial charge is 0.396 e. The first-order valence-corrected chi connectivity index (χ1v) is 8.04. The van der Waals surface area contributed by atoms with Crippen LogP contribution in [0, 0.1) is 0 Å². The van der Waals surface area contributed by atoms with Gasteiger partial charge in [-0.05, 0) is 25.0 Å². The SMILES string of the molecule is CC(=O)N1CCN(c2ccccc2CN[C@H](C)CCO)CC1. The van der Waals surface area contributed by atoms with Crippen LogP contribution in [0.4, 0.5) is 5.69 Å². The van der Waals surface area contributed by atoms with Crippen LogP contribution in [-0.2, 0) is 11.3 Å². The monoisotopic (exact) mass is 305 g/mol. The Balaban J connectivity index is 1.98. The highest BCUT2D eigenvalue weighted by atomic mass is 16.3. The van der Waals surface area contributed by atoms with Gasteiger partial charge in [0.15, 0.2) is 0 Å². The van der Waals surface area contributed by atoms with E-state index in [4.69, 9.17) is 5.11 Å². The fourth-order valence-electron chi connectivity index (χ4n) is 2.81. The zero-order valence-electron chi connectivity index (χ0n) is 13.6. The van der Waals surface area contributed by atoms with Crippen molar-refractivity contribution in [3.63, 3.8) is 0 Å². The lowest BCUT2D eigenvalue weighted by molar-refractivity contribution is -0.129. The van der Waals surface area contributed by atoms with Gasteiger partial charge >= 0.3 is 0 Å². The highest BCUT2D eigenvalue weighted by Gasteiger charge is 2.20. The summed E-state index contributed by atoms with van der Waals surface area (Å²) in [5.74, 6) is 0.160. The quantitative estimate of drug-likeness (QED) is 0.830. The molecule has 1 fully saturated rings. The van der Waals surface area contributed by atoms with Gasteiger partial charge in [0.1, 0.15) is 0 Å². The molecule has 1 heterocycles. The molecule has 122 valence electrons. The van der Waals surface area contributed by atoms with Gasteiger partial charge in [-0.15, -0.1) is 0 Å². The van der Waals surface area contributed by atoms with Crippen LogP contribution in [0.5, 0.6) is 0 Å². The van der Waals surface area contributed by atoms with Crippen LogP contribution in [0.1, 0.15) is 25.8 Å². The number of rotatable bonds is 6. The molecule has 5 nitrogen and oxygen atoms in total. The van der Waals surface area contributed by atoms with Crippen LogP contribution < -0.4 is 10.2 Å². The van der Waals surface area contributed by atoms with Crippen molar-refractivity contribution in [2.75, 3.05) is 37.7 Å². The summed E-state index contributed by atoms with van der Waals surface area (Å²) in [6, 6.07) is 8.71. The molecule has 1 aromatic rings. The van der Waals surface area contributed by atoms with Crippen molar-refractivity contribution in [3.8, 4) is 0 Å². The standard InChI is InChI=1S/C17H27N3O2/c1-14(7-12-21)18-13-16-5-3-4-6-17(16)20-10-8-19(9-11-20)15(2)22/h3-6,14,18,21H,7-13H2,1-2H3/t14-/m1/s1.